The Bertz CT molecular complexity index is 3.90. The van der Waals surface area contributed by atoms with Gasteiger partial charge in [-0.1, -0.05) is 0 Å². The Hall–Kier alpha value is 3.92. The average Bonchev–Trinajstić information content (AvgIpc) is 0. The fraction of sp³-hybridized carbons (Fsp3) is 0. The van der Waals surface area contributed by atoms with Crippen LogP contribution in [0.5, 0.6) is 0 Å². The van der Waals surface area contributed by atoms with Crippen LogP contribution in [0.25, 0.3) is 0 Å². The second-order valence-electron chi connectivity index (χ2n) is 0. The molecule has 0 amide bonds. The molecule has 0 aromatic rings. The summed E-state index contributed by atoms with van der Waals surface area (Å²) < 4.78 is 0. The molecule has 6 heavy (non-hydrogen) atoms. The molecule has 0 aromatic carbocycles. The molecule has 0 spiro atoms. The molecule has 0 aromatic heterocycles. The van der Waals surface area contributed by atoms with E-state index in [1.807, 2.05) is 0 Å². The van der Waals surface area contributed by atoms with Crippen LogP contribution in [-0.4, -0.2) is 0 Å². The summed E-state index contributed by atoms with van der Waals surface area (Å²) in [5, 5.41) is 0. The van der Waals surface area contributed by atoms with Crippen LogP contribution in [0, 0.1) is 39.9 Å². The third-order valence-electron chi connectivity index (χ3n) is 0. The SMILES string of the molecule is [Cu].[Cu].[Cu].[Cu].[Cu].[Gd]. The molecule has 0 saturated heterocycles. The first kappa shape index (κ1) is 51.3. The smallest absolute Gasteiger partial charge is 0 e. The van der Waals surface area contributed by atoms with Crippen LogP contribution in [-0.2, 0) is 85.3 Å². The summed E-state index contributed by atoms with van der Waals surface area (Å²) in [6.07, 6.45) is 0. The Kier molecular flexibility index (Phi) is 312. The predicted octanol–water partition coefficient (Wildman–Crippen LogP) is -0.0125. The third-order valence-corrected chi connectivity index (χ3v) is 0. The molecular formula is Cu5Gd. The standard InChI is InChI=1S/5Cu.Gd. The van der Waals surface area contributed by atoms with Crippen molar-refractivity contribution in [1.82, 2.24) is 0 Å². The molecule has 0 unspecified atom stereocenters. The molecule has 0 nitrogen and oxygen atoms in total. The van der Waals surface area contributed by atoms with Crippen molar-refractivity contribution in [3.05, 3.63) is 0 Å². The van der Waals surface area contributed by atoms with Crippen LogP contribution in [0.15, 0.2) is 0 Å². The summed E-state index contributed by atoms with van der Waals surface area (Å²) in [5.41, 5.74) is 0. The minimum Gasteiger partial charge on any atom is 0 e. The molecule has 5 radical (unpaired) electrons. The predicted molar refractivity (Wildman–Crippen MR) is 0 cm³/mol. The maximum atomic E-state index is 0. The minimum atomic E-state index is 0. The molecule has 0 rings (SSSR count). The van der Waals surface area contributed by atoms with Crippen LogP contribution >= 0.6 is 0 Å². The van der Waals surface area contributed by atoms with E-state index in [1.165, 1.54) is 0 Å². The van der Waals surface area contributed by atoms with Crippen LogP contribution in [0.2, 0.25) is 0 Å². The van der Waals surface area contributed by atoms with Gasteiger partial charge < -0.3 is 0 Å². The molecular weight excluding hydrogens is 475 g/mol. The Morgan fingerprint density at radius 2 is 0.333 bits per heavy atom. The van der Waals surface area contributed by atoms with Crippen molar-refractivity contribution in [1.29, 1.82) is 0 Å². The quantitative estimate of drug-likeness (QED) is 0.433. The van der Waals surface area contributed by atoms with Crippen LogP contribution < -0.4 is 0 Å². The van der Waals surface area contributed by atoms with E-state index < -0.39 is 0 Å². The van der Waals surface area contributed by atoms with Crippen molar-refractivity contribution in [3.63, 3.8) is 0 Å². The van der Waals surface area contributed by atoms with E-state index in [0.717, 1.165) is 0 Å². The summed E-state index contributed by atoms with van der Waals surface area (Å²) >= 11 is 0. The van der Waals surface area contributed by atoms with Crippen LogP contribution in [0.4, 0.5) is 0 Å². The first-order chi connectivity index (χ1) is 0. The van der Waals surface area contributed by atoms with Crippen molar-refractivity contribution >= 4 is 0 Å². The largest absolute Gasteiger partial charge is 0 e. The van der Waals surface area contributed by atoms with Crippen molar-refractivity contribution in [2.45, 2.75) is 0 Å². The number of rotatable bonds is 0. The van der Waals surface area contributed by atoms with Crippen molar-refractivity contribution in [2.24, 2.45) is 0 Å². The summed E-state index contributed by atoms with van der Waals surface area (Å²) in [6, 6.07) is 0. The topological polar surface area (TPSA) is 0 Å². The molecule has 0 heterocycles. The van der Waals surface area contributed by atoms with Gasteiger partial charge in [-0.15, -0.1) is 0 Å². The number of hydrogen-bond donors (Lipinski definition) is 0. The van der Waals surface area contributed by atoms with E-state index >= 15 is 0 Å². The Morgan fingerprint density at radius 3 is 0.333 bits per heavy atom. The molecule has 0 atom stereocenters. The molecule has 0 aliphatic heterocycles. The van der Waals surface area contributed by atoms with Crippen LogP contribution in [0.1, 0.15) is 0 Å². The van der Waals surface area contributed by atoms with E-state index in [-0.39, 0.29) is 125 Å². The van der Waals surface area contributed by atoms with Crippen LogP contribution in [0.3, 0.4) is 0 Å². The molecule has 0 bridgehead atoms. The fourth-order valence-electron chi connectivity index (χ4n) is 0. The maximum absolute atomic E-state index is 0. The summed E-state index contributed by atoms with van der Waals surface area (Å²) in [4.78, 5) is 0. The van der Waals surface area contributed by atoms with Crippen molar-refractivity contribution in [2.75, 3.05) is 0 Å². The van der Waals surface area contributed by atoms with Gasteiger partial charge in [0.1, 0.15) is 0 Å². The molecule has 0 aliphatic rings. The Labute approximate surface area is 123 Å². The van der Waals surface area contributed by atoms with E-state index in [0.29, 0.717) is 0 Å². The van der Waals surface area contributed by atoms with Crippen molar-refractivity contribution in [3.8, 4) is 0 Å². The maximum Gasteiger partial charge on any atom is 0 e. The van der Waals surface area contributed by atoms with Gasteiger partial charge in [0.05, 0.1) is 0 Å². The van der Waals surface area contributed by atoms with Gasteiger partial charge in [0.15, 0.2) is 0 Å². The molecule has 6 heteroatoms. The monoisotopic (exact) mass is 473 g/mol. The van der Waals surface area contributed by atoms with Gasteiger partial charge in [-0.05, 0) is 0 Å². The van der Waals surface area contributed by atoms with Crippen molar-refractivity contribution < 1.29 is 125 Å². The average molecular weight is 475 g/mol. The molecule has 0 aliphatic carbocycles. The zero-order valence-corrected chi connectivity index (χ0v) is 8.84. The zero-order chi connectivity index (χ0) is 0. The third kappa shape index (κ3) is 24.7. The van der Waals surface area contributed by atoms with Gasteiger partial charge in [0.25, 0.3) is 0 Å². The zero-order valence-electron chi connectivity index (χ0n) is 1.86. The van der Waals surface area contributed by atoms with Gasteiger partial charge in [0, 0.05) is 125 Å². The first-order valence-electron chi connectivity index (χ1n) is 0. The van der Waals surface area contributed by atoms with E-state index in [2.05, 4.69) is 0 Å². The van der Waals surface area contributed by atoms with Gasteiger partial charge in [-0.2, -0.15) is 0 Å². The summed E-state index contributed by atoms with van der Waals surface area (Å²) in [7, 11) is 0. The molecule has 0 saturated carbocycles. The van der Waals surface area contributed by atoms with E-state index in [1.54, 1.807) is 0 Å². The number of hydrogen-bond acceptors (Lipinski definition) is 0. The van der Waals surface area contributed by atoms with Gasteiger partial charge in [0.2, 0.25) is 0 Å². The van der Waals surface area contributed by atoms with Gasteiger partial charge in [-0.25, -0.2) is 0 Å². The molecule has 0 N–H and O–H groups in total. The molecule has 63 valence electrons. The van der Waals surface area contributed by atoms with Gasteiger partial charge >= 0.3 is 0 Å². The summed E-state index contributed by atoms with van der Waals surface area (Å²) in [5.74, 6) is 0. The Morgan fingerprint density at radius 1 is 0.333 bits per heavy atom. The Balaban J connectivity index is 0. The fourth-order valence-corrected chi connectivity index (χ4v) is 0. The second kappa shape index (κ2) is 36.4. The van der Waals surface area contributed by atoms with E-state index in [4.69, 9.17) is 0 Å². The van der Waals surface area contributed by atoms with Gasteiger partial charge in [-0.3, -0.25) is 0 Å². The first-order valence-corrected chi connectivity index (χ1v) is 0. The molecule has 0 fully saturated rings. The van der Waals surface area contributed by atoms with E-state index in [9.17, 15) is 0 Å². The normalized spacial score (nSPS) is 0. The second-order valence-corrected chi connectivity index (χ2v) is 0. The minimum absolute atomic E-state index is 0. The summed E-state index contributed by atoms with van der Waals surface area (Å²) in [6.45, 7) is 0.